The zero-order chi connectivity index (χ0) is 5.98. The molecule has 1 fully saturated rings. The predicted molar refractivity (Wildman–Crippen MR) is 22.2 cm³/mol. The third-order valence-electron chi connectivity index (χ3n) is 0.822. The first kappa shape index (κ1) is 5.34. The van der Waals surface area contributed by atoms with E-state index in [0.717, 1.165) is 0 Å². The quantitative estimate of drug-likeness (QED) is 0.472. The van der Waals surface area contributed by atoms with Crippen LogP contribution >= 0.6 is 0 Å². The number of rotatable bonds is 1. The monoisotopic (exact) mass is 120 g/mol. The highest BCUT2D eigenvalue weighted by Gasteiger charge is 2.24. The van der Waals surface area contributed by atoms with Crippen LogP contribution in [-0.4, -0.2) is 25.5 Å². The first-order valence-corrected chi connectivity index (χ1v) is 2.22. The lowest BCUT2D eigenvalue weighted by Crippen LogP contribution is -2.11. The molecule has 46 valence electrons. The van der Waals surface area contributed by atoms with Crippen molar-refractivity contribution in [2.45, 2.75) is 6.10 Å². The lowest BCUT2D eigenvalue weighted by atomic mass is 10.4. The molecular weight excluding hydrogens is 115 g/mol. The van der Waals surface area contributed by atoms with Crippen molar-refractivity contribution in [1.82, 2.24) is 0 Å². The molecule has 0 spiro atoms. The summed E-state index contributed by atoms with van der Waals surface area (Å²) in [4.78, 5) is 10.0. The Bertz CT molecular complexity index is 103. The van der Waals surface area contributed by atoms with E-state index >= 15 is 0 Å². The molecule has 1 rings (SSSR count). The van der Waals surface area contributed by atoms with Gasteiger partial charge < -0.3 is 9.47 Å². The Hall–Kier alpha value is -0.800. The van der Waals surface area contributed by atoms with Crippen LogP contribution in [0.15, 0.2) is 0 Å². The van der Waals surface area contributed by atoms with Gasteiger partial charge in [-0.2, -0.15) is 0 Å². The van der Waals surface area contributed by atoms with E-state index in [1.807, 2.05) is 0 Å². The highest BCUT2D eigenvalue weighted by Crippen LogP contribution is 2.05. The molecule has 0 aliphatic carbocycles. The van der Waals surface area contributed by atoms with Gasteiger partial charge >= 0.3 is 6.16 Å². The van der Waals surface area contributed by atoms with Gasteiger partial charge in [-0.3, -0.25) is 0 Å². The minimum absolute atomic E-state index is 0.0509. The number of carbonyl (C=O) groups is 1. The molecule has 0 bridgehead atoms. The van der Waals surface area contributed by atoms with Crippen molar-refractivity contribution in [2.24, 2.45) is 0 Å². The minimum Gasteiger partial charge on any atom is -0.430 e. The zero-order valence-electron chi connectivity index (χ0n) is 4.09. The van der Waals surface area contributed by atoms with Crippen molar-refractivity contribution in [2.75, 3.05) is 13.3 Å². The van der Waals surface area contributed by atoms with Gasteiger partial charge in [-0.1, -0.05) is 0 Å². The molecule has 8 heavy (non-hydrogen) atoms. The molecule has 1 saturated heterocycles. The predicted octanol–water partition coefficient (Wildman–Crippen LogP) is 0.491. The minimum atomic E-state index is -0.771. The molecule has 0 unspecified atom stereocenters. The van der Waals surface area contributed by atoms with Gasteiger partial charge in [-0.05, 0) is 0 Å². The fraction of sp³-hybridized carbons (Fsp3) is 0.750. The smallest absolute Gasteiger partial charge is 0.430 e. The van der Waals surface area contributed by atoms with Gasteiger partial charge in [0.25, 0.3) is 0 Å². The van der Waals surface area contributed by atoms with Gasteiger partial charge in [-0.25, -0.2) is 9.18 Å². The topological polar surface area (TPSA) is 35.5 Å². The molecule has 0 saturated carbocycles. The summed E-state index contributed by atoms with van der Waals surface area (Å²) in [6.07, 6.45) is -1.44. The third kappa shape index (κ3) is 0.882. The first-order valence-electron chi connectivity index (χ1n) is 2.22. The van der Waals surface area contributed by atoms with Crippen LogP contribution < -0.4 is 0 Å². The average molecular weight is 120 g/mol. The van der Waals surface area contributed by atoms with Gasteiger partial charge in [0.2, 0.25) is 0 Å². The molecule has 0 aromatic carbocycles. The zero-order valence-corrected chi connectivity index (χ0v) is 4.09. The van der Waals surface area contributed by atoms with E-state index in [1.165, 1.54) is 0 Å². The van der Waals surface area contributed by atoms with Crippen molar-refractivity contribution >= 4 is 6.16 Å². The van der Waals surface area contributed by atoms with E-state index in [-0.39, 0.29) is 6.61 Å². The van der Waals surface area contributed by atoms with Crippen LogP contribution in [0.1, 0.15) is 0 Å². The Morgan fingerprint density at radius 2 is 2.62 bits per heavy atom. The molecule has 4 heteroatoms. The standard InChI is InChI=1S/C4H5FO3/c5-1-3-2-7-4(6)8-3/h3H,1-2H2/t3-/m0/s1. The molecule has 0 aromatic rings. The van der Waals surface area contributed by atoms with Crippen LogP contribution in [0.5, 0.6) is 0 Å². The molecule has 1 heterocycles. The Labute approximate surface area is 45.4 Å². The molecule has 1 aliphatic rings. The van der Waals surface area contributed by atoms with E-state index in [4.69, 9.17) is 0 Å². The fourth-order valence-corrected chi connectivity index (χ4v) is 0.441. The maximum absolute atomic E-state index is 11.5. The molecule has 0 radical (unpaired) electrons. The summed E-state index contributed by atoms with van der Waals surface area (Å²) in [5, 5.41) is 0. The molecule has 3 nitrogen and oxygen atoms in total. The normalized spacial score (nSPS) is 27.1. The summed E-state index contributed by atoms with van der Waals surface area (Å²) < 4.78 is 20.0. The lowest BCUT2D eigenvalue weighted by Gasteiger charge is -1.94. The van der Waals surface area contributed by atoms with Gasteiger partial charge in [-0.15, -0.1) is 0 Å². The van der Waals surface area contributed by atoms with Gasteiger partial charge in [0.05, 0.1) is 0 Å². The van der Waals surface area contributed by atoms with Crippen LogP contribution in [0.2, 0.25) is 0 Å². The summed E-state index contributed by atoms with van der Waals surface area (Å²) in [7, 11) is 0. The van der Waals surface area contributed by atoms with Crippen molar-refractivity contribution in [1.29, 1.82) is 0 Å². The van der Waals surface area contributed by atoms with E-state index in [9.17, 15) is 9.18 Å². The number of hydrogen-bond acceptors (Lipinski definition) is 3. The van der Waals surface area contributed by atoms with Crippen LogP contribution in [0.4, 0.5) is 9.18 Å². The number of halogens is 1. The third-order valence-corrected chi connectivity index (χ3v) is 0.822. The molecule has 1 aliphatic heterocycles. The van der Waals surface area contributed by atoms with Crippen LogP contribution in [-0.2, 0) is 9.47 Å². The van der Waals surface area contributed by atoms with Crippen LogP contribution in [0, 0.1) is 0 Å². The number of hydrogen-bond donors (Lipinski definition) is 0. The van der Waals surface area contributed by atoms with Gasteiger partial charge in [0.15, 0.2) is 6.10 Å². The second-order valence-corrected chi connectivity index (χ2v) is 1.46. The largest absolute Gasteiger partial charge is 0.508 e. The SMILES string of the molecule is O=C1OC[C@H](CF)O1. The highest BCUT2D eigenvalue weighted by atomic mass is 19.1. The number of alkyl halides is 1. The highest BCUT2D eigenvalue weighted by molar-refractivity contribution is 5.61. The van der Waals surface area contributed by atoms with Gasteiger partial charge in [0, 0.05) is 0 Å². The molecule has 1 atom stereocenters. The Kier molecular flexibility index (Phi) is 1.32. The summed E-state index contributed by atoms with van der Waals surface area (Å²) in [6.45, 7) is -0.610. The molecule has 0 amide bonds. The van der Waals surface area contributed by atoms with Crippen molar-refractivity contribution in [3.05, 3.63) is 0 Å². The molecule has 0 N–H and O–H groups in total. The second kappa shape index (κ2) is 1.98. The lowest BCUT2D eigenvalue weighted by molar-refractivity contribution is 0.110. The Morgan fingerprint density at radius 3 is 2.88 bits per heavy atom. The van der Waals surface area contributed by atoms with Crippen molar-refractivity contribution in [3.8, 4) is 0 Å². The summed E-state index contributed by atoms with van der Waals surface area (Å²) in [5.74, 6) is 0. The van der Waals surface area contributed by atoms with E-state index in [2.05, 4.69) is 9.47 Å². The Morgan fingerprint density at radius 1 is 1.88 bits per heavy atom. The summed E-state index contributed by atoms with van der Waals surface area (Å²) in [6, 6.07) is 0. The summed E-state index contributed by atoms with van der Waals surface area (Å²) in [5.41, 5.74) is 0. The average Bonchev–Trinajstić information content (AvgIpc) is 2.14. The summed E-state index contributed by atoms with van der Waals surface area (Å²) >= 11 is 0. The number of carbonyl (C=O) groups excluding carboxylic acids is 1. The maximum Gasteiger partial charge on any atom is 0.508 e. The maximum atomic E-state index is 11.5. The van der Waals surface area contributed by atoms with Crippen LogP contribution in [0.25, 0.3) is 0 Å². The van der Waals surface area contributed by atoms with Crippen molar-refractivity contribution in [3.63, 3.8) is 0 Å². The van der Waals surface area contributed by atoms with Gasteiger partial charge in [0.1, 0.15) is 13.3 Å². The second-order valence-electron chi connectivity index (χ2n) is 1.46. The van der Waals surface area contributed by atoms with Crippen molar-refractivity contribution < 1.29 is 18.7 Å². The molecule has 0 aromatic heterocycles. The molecular formula is C4H5FO3. The van der Waals surface area contributed by atoms with E-state index in [0.29, 0.717) is 0 Å². The fourth-order valence-electron chi connectivity index (χ4n) is 0.441. The number of ether oxygens (including phenoxy) is 2. The van der Waals surface area contributed by atoms with Crippen LogP contribution in [0.3, 0.4) is 0 Å². The van der Waals surface area contributed by atoms with E-state index in [1.54, 1.807) is 0 Å². The van der Waals surface area contributed by atoms with E-state index < -0.39 is 18.9 Å². The Balaban J connectivity index is 2.32. The first-order chi connectivity index (χ1) is 3.83. The number of cyclic esters (lactones) is 2.